The maximum Gasteiger partial charge on any atom is 1.00 e. The van der Waals surface area contributed by atoms with Crippen LogP contribution in [-0.4, -0.2) is 49.1 Å². The number of ether oxygens (including phenoxy) is 2. The molecule has 0 radical (unpaired) electrons. The van der Waals surface area contributed by atoms with Crippen LogP contribution in [0, 0.1) is 0 Å². The van der Waals surface area contributed by atoms with Crippen molar-refractivity contribution in [2.45, 2.75) is 37.9 Å². The predicted octanol–water partition coefficient (Wildman–Crippen LogP) is -2.17. The Hall–Kier alpha value is -1.05. The van der Waals surface area contributed by atoms with E-state index < -0.39 is 66.2 Å². The fraction of sp³-hybridized carbons (Fsp3) is 0.348. The summed E-state index contributed by atoms with van der Waals surface area (Å²) in [6, 6.07) is 7.29. The van der Waals surface area contributed by atoms with Crippen molar-refractivity contribution in [1.82, 2.24) is 0 Å². The van der Waals surface area contributed by atoms with E-state index in [1.807, 2.05) is 0 Å². The molecule has 224 valence electrons. The van der Waals surface area contributed by atoms with Crippen molar-refractivity contribution in [2.24, 2.45) is 0 Å². The minimum Gasteiger partial charge on any atom is -0.662 e. The molecule has 2 rings (SSSR count). The molecule has 0 unspecified atom stereocenters. The van der Waals surface area contributed by atoms with Gasteiger partial charge in [0.15, 0.2) is 6.10 Å². The Morgan fingerprint density at radius 3 is 1.45 bits per heavy atom. The second kappa shape index (κ2) is 21.6. The van der Waals surface area contributed by atoms with Crippen molar-refractivity contribution < 1.29 is 130 Å². The molecule has 0 saturated carbocycles. The molecule has 2 atom stereocenters. The van der Waals surface area contributed by atoms with Crippen LogP contribution in [0.2, 0.25) is 0 Å². The number of aliphatic carboxylic acids is 2. The Kier molecular flexibility index (Phi) is 23.4. The first-order chi connectivity index (χ1) is 18.4. The Morgan fingerprint density at radius 2 is 1.21 bits per heavy atom. The topological polar surface area (TPSA) is 145 Å². The Bertz CT molecular complexity index is 1060. The molecule has 2 aromatic carbocycles. The molecule has 0 aromatic heterocycles. The normalized spacial score (nSPS) is 11.8. The minimum atomic E-state index is -3.24. The summed E-state index contributed by atoms with van der Waals surface area (Å²) in [6.45, 7) is -1.58. The maximum atomic E-state index is 13.3. The Labute approximate surface area is 296 Å². The van der Waals surface area contributed by atoms with E-state index in [1.165, 1.54) is 18.2 Å². The molecular weight excluding hydrogens is 740 g/mol. The Morgan fingerprint density at radius 1 is 0.881 bits per heavy atom. The van der Waals surface area contributed by atoms with Crippen molar-refractivity contribution in [3.8, 4) is 11.5 Å². The fourth-order valence-corrected chi connectivity index (χ4v) is 3.22. The van der Waals surface area contributed by atoms with Crippen LogP contribution in [0.25, 0.3) is 0 Å². The molecule has 9 nitrogen and oxygen atoms in total. The average molecular weight is 760 g/mol. The first-order valence-electron chi connectivity index (χ1n) is 10.4. The number of carbonyl (C=O) groups is 3. The molecular formula is C23H20Br2F6Na2O9. The van der Waals surface area contributed by atoms with Crippen molar-refractivity contribution >= 4 is 50.3 Å². The van der Waals surface area contributed by atoms with Gasteiger partial charge >= 0.3 is 65.1 Å². The van der Waals surface area contributed by atoms with Crippen molar-refractivity contribution in [1.29, 1.82) is 0 Å². The summed E-state index contributed by atoms with van der Waals surface area (Å²) in [6.07, 6.45) is -3.71. The van der Waals surface area contributed by atoms with Gasteiger partial charge in [0.25, 0.3) is 18.3 Å². The van der Waals surface area contributed by atoms with E-state index in [4.69, 9.17) is 24.6 Å². The summed E-state index contributed by atoms with van der Waals surface area (Å²) in [5.74, 6) is -10.6. The van der Waals surface area contributed by atoms with E-state index in [9.17, 15) is 41.0 Å². The van der Waals surface area contributed by atoms with Crippen LogP contribution < -0.4 is 79.0 Å². The standard InChI is InChI=1S/2C11H10BrF3O3.CH2O3.2Na/c2*1-11(14,15)7-4-6(12)2-3-8(7)18-9(5-13)10(16)17;2-1-4-3;;/h2*2-4,9H,5H2,1H3,(H,16,17);1,3H;;/q;;;2*+1/p-2/t2*9-;;;/m00.../s1. The first-order valence-corrected chi connectivity index (χ1v) is 12.0. The van der Waals surface area contributed by atoms with Gasteiger partial charge in [0, 0.05) is 22.8 Å². The van der Waals surface area contributed by atoms with Crippen molar-refractivity contribution in [2.75, 3.05) is 13.3 Å². The molecule has 2 aromatic rings. The van der Waals surface area contributed by atoms with E-state index in [0.29, 0.717) is 22.8 Å². The number of rotatable bonds is 11. The van der Waals surface area contributed by atoms with Gasteiger partial charge in [-0.3, -0.25) is 4.79 Å². The zero-order valence-electron chi connectivity index (χ0n) is 22.3. The van der Waals surface area contributed by atoms with Crippen LogP contribution in [-0.2, 0) is 31.1 Å². The average Bonchev–Trinajstić information content (AvgIpc) is 2.86. The van der Waals surface area contributed by atoms with Crippen LogP contribution in [0.4, 0.5) is 26.3 Å². The first kappa shape index (κ1) is 45.4. The molecule has 42 heavy (non-hydrogen) atoms. The van der Waals surface area contributed by atoms with Crippen molar-refractivity contribution in [3.63, 3.8) is 0 Å². The van der Waals surface area contributed by atoms with Crippen molar-refractivity contribution in [3.05, 3.63) is 56.5 Å². The van der Waals surface area contributed by atoms with Gasteiger partial charge in [-0.15, -0.1) is 0 Å². The van der Waals surface area contributed by atoms with Gasteiger partial charge in [-0.2, -0.15) is 0 Å². The summed E-state index contributed by atoms with van der Waals surface area (Å²) >= 11 is 6.03. The van der Waals surface area contributed by atoms with Crippen LogP contribution in [0.15, 0.2) is 45.3 Å². The number of carboxylic acid groups (broad SMARTS) is 2. The van der Waals surface area contributed by atoms with E-state index in [1.54, 1.807) is 0 Å². The SMILES string of the molecule is CC(F)(F)c1cc(Br)ccc1O[C@@H](CF)C(=O)O.CC(F)(F)c1cc(Br)ccc1O[C@@H](CF)C(=O)[O-].O=CO[O-].[Na+].[Na+]. The minimum absolute atomic E-state index is 0. The van der Waals surface area contributed by atoms with Crippen LogP contribution in [0.3, 0.4) is 0 Å². The number of carbonyl (C=O) groups excluding carboxylic acids is 2. The zero-order chi connectivity index (χ0) is 31.3. The number of hydrogen-bond donors (Lipinski definition) is 1. The molecule has 0 saturated heterocycles. The smallest absolute Gasteiger partial charge is 0.662 e. The number of alkyl halides is 6. The molecule has 0 aliphatic rings. The second-order valence-corrected chi connectivity index (χ2v) is 9.26. The molecule has 1 N–H and O–H groups in total. The predicted molar refractivity (Wildman–Crippen MR) is 128 cm³/mol. The Balaban J connectivity index is -0.000000616. The summed E-state index contributed by atoms with van der Waals surface area (Å²) < 4.78 is 88.2. The number of benzene rings is 2. The third kappa shape index (κ3) is 16.7. The summed E-state index contributed by atoms with van der Waals surface area (Å²) in [7, 11) is 0. The quantitative estimate of drug-likeness (QED) is 0.0891. The molecule has 0 amide bonds. The van der Waals surface area contributed by atoms with E-state index >= 15 is 0 Å². The molecule has 19 heteroatoms. The molecule has 0 aliphatic carbocycles. The van der Waals surface area contributed by atoms with Gasteiger partial charge in [-0.25, -0.2) is 31.1 Å². The van der Waals surface area contributed by atoms with Gasteiger partial charge in [0.1, 0.15) is 24.8 Å². The van der Waals surface area contributed by atoms with Crippen LogP contribution in [0.1, 0.15) is 25.0 Å². The monoisotopic (exact) mass is 758 g/mol. The zero-order valence-corrected chi connectivity index (χ0v) is 29.5. The van der Waals surface area contributed by atoms with Crippen LogP contribution in [0.5, 0.6) is 11.5 Å². The third-order valence-corrected chi connectivity index (χ3v) is 5.21. The number of carboxylic acids is 2. The van der Waals surface area contributed by atoms with Gasteiger partial charge in [0.05, 0.1) is 17.1 Å². The van der Waals surface area contributed by atoms with Gasteiger partial charge in [-0.05, 0) is 36.4 Å². The number of hydrogen-bond acceptors (Lipinski definition) is 8. The maximum absolute atomic E-state index is 13.3. The van der Waals surface area contributed by atoms with Gasteiger partial charge < -0.3 is 34.6 Å². The molecule has 0 spiro atoms. The summed E-state index contributed by atoms with van der Waals surface area (Å²) in [4.78, 5) is 32.3. The van der Waals surface area contributed by atoms with Gasteiger partial charge in [0.2, 0.25) is 6.10 Å². The van der Waals surface area contributed by atoms with E-state index in [2.05, 4.69) is 36.7 Å². The third-order valence-electron chi connectivity index (χ3n) is 4.23. The van der Waals surface area contributed by atoms with Crippen LogP contribution >= 0.6 is 31.9 Å². The second-order valence-electron chi connectivity index (χ2n) is 7.43. The van der Waals surface area contributed by atoms with Gasteiger partial charge in [-0.1, -0.05) is 31.9 Å². The molecule has 0 heterocycles. The summed E-state index contributed by atoms with van der Waals surface area (Å²) in [5.41, 5.74) is -1.03. The molecule has 0 bridgehead atoms. The molecule has 0 aliphatic heterocycles. The largest absolute Gasteiger partial charge is 1.00 e. The number of halogens is 8. The fourth-order valence-electron chi connectivity index (χ4n) is 2.49. The van der Waals surface area contributed by atoms with E-state index in [-0.39, 0.29) is 71.3 Å². The summed E-state index contributed by atoms with van der Waals surface area (Å²) in [5, 5.41) is 27.5. The van der Waals surface area contributed by atoms with E-state index in [0.717, 1.165) is 18.2 Å². The molecule has 0 fully saturated rings.